The van der Waals surface area contributed by atoms with Gasteiger partial charge in [-0.3, -0.25) is 0 Å². The van der Waals surface area contributed by atoms with Crippen molar-refractivity contribution in [1.29, 1.82) is 0 Å². The minimum atomic E-state index is -0.209. The molecule has 0 spiro atoms. The van der Waals surface area contributed by atoms with Crippen molar-refractivity contribution in [2.24, 2.45) is 0 Å². The zero-order chi connectivity index (χ0) is 18.4. The predicted molar refractivity (Wildman–Crippen MR) is 95.8 cm³/mol. The minimum Gasteiger partial charge on any atom is -0.493 e. The van der Waals surface area contributed by atoms with Crippen LogP contribution in [-0.4, -0.2) is 54.3 Å². The molecule has 1 saturated heterocycles. The topological polar surface area (TPSA) is 85.8 Å². The van der Waals surface area contributed by atoms with Gasteiger partial charge in [-0.25, -0.2) is 14.8 Å². The fraction of sp³-hybridized carbons (Fsp3) is 0.389. The average molecular weight is 358 g/mol. The SMILES string of the molecule is COc1cccc(NC(=O)N2CCCC(Oc3ncccn3)C2)c1OC. The first-order chi connectivity index (χ1) is 12.7. The summed E-state index contributed by atoms with van der Waals surface area (Å²) in [6.45, 7) is 1.13. The van der Waals surface area contributed by atoms with Gasteiger partial charge in [0.15, 0.2) is 11.5 Å². The lowest BCUT2D eigenvalue weighted by atomic mass is 10.1. The van der Waals surface area contributed by atoms with E-state index in [0.29, 0.717) is 36.3 Å². The second-order valence-corrected chi connectivity index (χ2v) is 5.83. The number of ether oxygens (including phenoxy) is 3. The van der Waals surface area contributed by atoms with E-state index in [1.54, 1.807) is 48.7 Å². The molecule has 0 bridgehead atoms. The first kappa shape index (κ1) is 17.8. The number of methoxy groups -OCH3 is 2. The number of urea groups is 1. The van der Waals surface area contributed by atoms with E-state index in [1.165, 1.54) is 7.11 Å². The summed E-state index contributed by atoms with van der Waals surface area (Å²) in [6, 6.07) is 7.20. The molecular weight excluding hydrogens is 336 g/mol. The van der Waals surface area contributed by atoms with Crippen molar-refractivity contribution in [3.05, 3.63) is 36.7 Å². The van der Waals surface area contributed by atoms with Crippen LogP contribution in [-0.2, 0) is 0 Å². The van der Waals surface area contributed by atoms with Crippen molar-refractivity contribution in [3.8, 4) is 17.5 Å². The molecule has 1 aliphatic rings. The molecule has 2 aromatic rings. The number of rotatable bonds is 5. The molecule has 2 amide bonds. The molecule has 1 aromatic heterocycles. The number of hydrogen-bond acceptors (Lipinski definition) is 6. The Bertz CT molecular complexity index is 741. The van der Waals surface area contributed by atoms with Crippen LogP contribution >= 0.6 is 0 Å². The third-order valence-corrected chi connectivity index (χ3v) is 4.12. The number of nitrogens with one attached hydrogen (secondary N) is 1. The van der Waals surface area contributed by atoms with Crippen molar-refractivity contribution in [3.63, 3.8) is 0 Å². The highest BCUT2D eigenvalue weighted by molar-refractivity contribution is 5.91. The number of anilines is 1. The van der Waals surface area contributed by atoms with Gasteiger partial charge in [0.1, 0.15) is 6.10 Å². The molecule has 138 valence electrons. The molecule has 26 heavy (non-hydrogen) atoms. The third kappa shape index (κ3) is 4.14. The number of piperidine rings is 1. The maximum Gasteiger partial charge on any atom is 0.322 e. The van der Waals surface area contributed by atoms with Gasteiger partial charge in [0, 0.05) is 18.9 Å². The van der Waals surface area contributed by atoms with Crippen molar-refractivity contribution >= 4 is 11.7 Å². The molecule has 8 heteroatoms. The number of aromatic nitrogens is 2. The van der Waals surface area contributed by atoms with E-state index in [-0.39, 0.29) is 12.1 Å². The Kier molecular flexibility index (Phi) is 5.73. The normalized spacial score (nSPS) is 16.7. The van der Waals surface area contributed by atoms with E-state index in [1.807, 2.05) is 0 Å². The Labute approximate surface area is 152 Å². The molecular formula is C18H22N4O4. The summed E-state index contributed by atoms with van der Waals surface area (Å²) in [7, 11) is 3.10. The molecule has 1 fully saturated rings. The van der Waals surface area contributed by atoms with Crippen molar-refractivity contribution in [2.45, 2.75) is 18.9 Å². The molecule has 1 atom stereocenters. The highest BCUT2D eigenvalue weighted by Crippen LogP contribution is 2.34. The summed E-state index contributed by atoms with van der Waals surface area (Å²) in [5.41, 5.74) is 0.561. The van der Waals surface area contributed by atoms with E-state index in [4.69, 9.17) is 14.2 Å². The zero-order valence-electron chi connectivity index (χ0n) is 14.8. The van der Waals surface area contributed by atoms with Crippen molar-refractivity contribution < 1.29 is 19.0 Å². The maximum atomic E-state index is 12.7. The number of para-hydroxylation sites is 1. The molecule has 1 N–H and O–H groups in total. The molecule has 8 nitrogen and oxygen atoms in total. The van der Waals surface area contributed by atoms with Crippen LogP contribution in [0.1, 0.15) is 12.8 Å². The second kappa shape index (κ2) is 8.37. The molecule has 0 saturated carbocycles. The number of amides is 2. The quantitative estimate of drug-likeness (QED) is 0.884. The highest BCUT2D eigenvalue weighted by atomic mass is 16.5. The molecule has 2 heterocycles. The summed E-state index contributed by atoms with van der Waals surface area (Å²) >= 11 is 0. The smallest absolute Gasteiger partial charge is 0.322 e. The van der Waals surface area contributed by atoms with E-state index >= 15 is 0 Å². The molecule has 0 aliphatic carbocycles. The van der Waals surface area contributed by atoms with Gasteiger partial charge in [0.05, 0.1) is 26.5 Å². The number of hydrogen-bond donors (Lipinski definition) is 1. The largest absolute Gasteiger partial charge is 0.493 e. The Hall–Kier alpha value is -3.03. The number of benzene rings is 1. The van der Waals surface area contributed by atoms with Crippen LogP contribution in [0.15, 0.2) is 36.7 Å². The van der Waals surface area contributed by atoms with Gasteiger partial charge >= 0.3 is 12.0 Å². The van der Waals surface area contributed by atoms with Crippen LogP contribution in [0.4, 0.5) is 10.5 Å². The van der Waals surface area contributed by atoms with Gasteiger partial charge < -0.3 is 24.4 Å². The van der Waals surface area contributed by atoms with E-state index in [9.17, 15) is 4.79 Å². The van der Waals surface area contributed by atoms with E-state index in [2.05, 4.69) is 15.3 Å². The Morgan fingerprint density at radius 3 is 2.73 bits per heavy atom. The molecule has 1 aromatic carbocycles. The summed E-state index contributed by atoms with van der Waals surface area (Å²) in [4.78, 5) is 22.5. The van der Waals surface area contributed by atoms with E-state index < -0.39 is 0 Å². The highest BCUT2D eigenvalue weighted by Gasteiger charge is 2.26. The first-order valence-electron chi connectivity index (χ1n) is 8.42. The summed E-state index contributed by atoms with van der Waals surface area (Å²) in [5, 5.41) is 2.89. The lowest BCUT2D eigenvalue weighted by molar-refractivity contribution is 0.0983. The number of likely N-dealkylation sites (tertiary alicyclic amines) is 1. The minimum absolute atomic E-state index is 0.135. The molecule has 3 rings (SSSR count). The fourth-order valence-corrected chi connectivity index (χ4v) is 2.89. The van der Waals surface area contributed by atoms with E-state index in [0.717, 1.165) is 12.8 Å². The van der Waals surface area contributed by atoms with Crippen LogP contribution in [0.25, 0.3) is 0 Å². The van der Waals surface area contributed by atoms with Gasteiger partial charge in [-0.15, -0.1) is 0 Å². The van der Waals surface area contributed by atoms with Crippen LogP contribution in [0.2, 0.25) is 0 Å². The van der Waals surface area contributed by atoms with Crippen LogP contribution in [0.5, 0.6) is 17.5 Å². The fourth-order valence-electron chi connectivity index (χ4n) is 2.89. The summed E-state index contributed by atoms with van der Waals surface area (Å²) < 4.78 is 16.4. The summed E-state index contributed by atoms with van der Waals surface area (Å²) in [6.07, 6.45) is 4.82. The third-order valence-electron chi connectivity index (χ3n) is 4.12. The number of nitrogens with zero attached hydrogens (tertiary/aromatic N) is 3. The first-order valence-corrected chi connectivity index (χ1v) is 8.42. The standard InChI is InChI=1S/C18H22N4O4/c1-24-15-8-3-7-14(16(15)25-2)21-18(23)22-11-4-6-13(12-22)26-17-19-9-5-10-20-17/h3,5,7-10,13H,4,6,11-12H2,1-2H3,(H,21,23). The average Bonchev–Trinajstić information content (AvgIpc) is 2.68. The Balaban J connectivity index is 1.64. The van der Waals surface area contributed by atoms with Crippen LogP contribution in [0.3, 0.4) is 0 Å². The predicted octanol–water partition coefficient (Wildman–Crippen LogP) is 2.57. The molecule has 0 radical (unpaired) electrons. The Morgan fingerprint density at radius 2 is 2.00 bits per heavy atom. The van der Waals surface area contributed by atoms with Gasteiger partial charge in [-0.05, 0) is 31.0 Å². The number of carbonyl (C=O) groups excluding carboxylic acids is 1. The zero-order valence-corrected chi connectivity index (χ0v) is 14.8. The van der Waals surface area contributed by atoms with Gasteiger partial charge in [0.2, 0.25) is 0 Å². The van der Waals surface area contributed by atoms with Crippen molar-refractivity contribution in [2.75, 3.05) is 32.6 Å². The maximum absolute atomic E-state index is 12.7. The molecule has 1 aliphatic heterocycles. The number of carbonyl (C=O) groups is 1. The van der Waals surface area contributed by atoms with Gasteiger partial charge in [0.25, 0.3) is 0 Å². The molecule has 1 unspecified atom stereocenters. The van der Waals surface area contributed by atoms with Crippen molar-refractivity contribution in [1.82, 2.24) is 14.9 Å². The van der Waals surface area contributed by atoms with Gasteiger partial charge in [-0.1, -0.05) is 6.07 Å². The second-order valence-electron chi connectivity index (χ2n) is 5.83. The van der Waals surface area contributed by atoms with Gasteiger partial charge in [-0.2, -0.15) is 0 Å². The monoisotopic (exact) mass is 358 g/mol. The Morgan fingerprint density at radius 1 is 1.19 bits per heavy atom. The summed E-state index contributed by atoms with van der Waals surface area (Å²) in [5.74, 6) is 1.05. The lowest BCUT2D eigenvalue weighted by Crippen LogP contribution is -2.46. The van der Waals surface area contributed by atoms with Crippen LogP contribution < -0.4 is 19.5 Å². The van der Waals surface area contributed by atoms with Crippen LogP contribution in [0, 0.1) is 0 Å². The lowest BCUT2D eigenvalue weighted by Gasteiger charge is -2.32.